The molecule has 0 atom stereocenters. The monoisotopic (exact) mass is 450 g/mol. The molecule has 4 rings (SSSR count). The minimum Gasteiger partial charge on any atom is -0.478 e. The maximum atomic E-state index is 11.3. The highest BCUT2D eigenvalue weighted by atomic mass is 35.5. The summed E-state index contributed by atoms with van der Waals surface area (Å²) in [5, 5.41) is 10.3. The van der Waals surface area contributed by atoms with Gasteiger partial charge in [0.25, 0.3) is 0 Å². The first-order valence-corrected chi connectivity index (χ1v) is 10.6. The Morgan fingerprint density at radius 3 is 2.65 bits per heavy atom. The zero-order valence-electron chi connectivity index (χ0n) is 16.6. The fourth-order valence-corrected chi connectivity index (χ4v) is 3.89. The van der Waals surface area contributed by atoms with E-state index in [4.69, 9.17) is 28.2 Å². The minimum atomic E-state index is -0.920. The lowest BCUT2D eigenvalue weighted by Crippen LogP contribution is -2.25. The Kier molecular flexibility index (Phi) is 6.40. The molecule has 1 heterocycles. The van der Waals surface area contributed by atoms with Gasteiger partial charge in [0.05, 0.1) is 27.9 Å². The van der Waals surface area contributed by atoms with Crippen LogP contribution in [0.5, 0.6) is 0 Å². The van der Waals surface area contributed by atoms with Gasteiger partial charge in [-0.3, -0.25) is 4.99 Å². The number of fused-ring (bicyclic) bond motifs is 1. The van der Waals surface area contributed by atoms with E-state index in [9.17, 15) is 9.90 Å². The molecule has 0 spiro atoms. The van der Waals surface area contributed by atoms with Crippen LogP contribution < -0.4 is 4.90 Å². The number of benzodiazepines with no additional fused rings is 1. The Morgan fingerprint density at radius 1 is 1.00 bits per heavy atom. The van der Waals surface area contributed by atoms with E-state index in [0.717, 1.165) is 34.6 Å². The number of aliphatic imine (C=N–C) groups is 1. The molecule has 0 bridgehead atoms. The van der Waals surface area contributed by atoms with E-state index in [1.807, 2.05) is 42.5 Å². The van der Waals surface area contributed by atoms with Crippen LogP contribution in [0.1, 0.15) is 27.0 Å². The van der Waals surface area contributed by atoms with Gasteiger partial charge in [0.15, 0.2) is 0 Å². The van der Waals surface area contributed by atoms with E-state index in [1.54, 1.807) is 24.3 Å². The zero-order valence-corrected chi connectivity index (χ0v) is 18.1. The quantitative estimate of drug-likeness (QED) is 0.502. The summed E-state index contributed by atoms with van der Waals surface area (Å²) in [5.41, 5.74) is 5.18. The second-order valence-corrected chi connectivity index (χ2v) is 8.03. The van der Waals surface area contributed by atoms with Gasteiger partial charge in [-0.1, -0.05) is 65.7 Å². The number of hydrogen-bond donors (Lipinski definition) is 1. The number of hydrogen-bond acceptors (Lipinski definition) is 3. The van der Waals surface area contributed by atoms with Crippen molar-refractivity contribution in [2.75, 3.05) is 18.0 Å². The predicted molar refractivity (Wildman–Crippen MR) is 128 cm³/mol. The predicted octanol–water partition coefficient (Wildman–Crippen LogP) is 6.21. The Morgan fingerprint density at radius 2 is 1.84 bits per heavy atom. The number of allylic oxidation sites excluding steroid dienone is 1. The van der Waals surface area contributed by atoms with Gasteiger partial charge in [-0.15, -0.1) is 0 Å². The number of aromatic carboxylic acids is 1. The molecule has 156 valence electrons. The van der Waals surface area contributed by atoms with Gasteiger partial charge < -0.3 is 10.0 Å². The van der Waals surface area contributed by atoms with Crippen LogP contribution >= 0.6 is 23.2 Å². The van der Waals surface area contributed by atoms with Crippen molar-refractivity contribution in [1.82, 2.24) is 0 Å². The lowest BCUT2D eigenvalue weighted by atomic mass is 10.0. The average Bonchev–Trinajstić information content (AvgIpc) is 2.94. The van der Waals surface area contributed by atoms with E-state index in [2.05, 4.69) is 17.0 Å². The van der Waals surface area contributed by atoms with Crippen molar-refractivity contribution in [3.63, 3.8) is 0 Å². The largest absolute Gasteiger partial charge is 0.478 e. The number of rotatable bonds is 5. The Labute approximate surface area is 191 Å². The van der Waals surface area contributed by atoms with Crippen LogP contribution in [0.3, 0.4) is 0 Å². The summed E-state index contributed by atoms with van der Waals surface area (Å²) >= 11 is 12.1. The molecule has 3 aromatic carbocycles. The van der Waals surface area contributed by atoms with Crippen LogP contribution in [0.4, 0.5) is 5.69 Å². The van der Waals surface area contributed by atoms with Crippen molar-refractivity contribution in [2.45, 2.75) is 6.54 Å². The third-order valence-electron chi connectivity index (χ3n) is 5.10. The number of carbonyl (C=O) groups is 1. The van der Waals surface area contributed by atoms with Gasteiger partial charge in [0.1, 0.15) is 0 Å². The van der Waals surface area contributed by atoms with Crippen molar-refractivity contribution in [3.05, 3.63) is 105 Å². The average molecular weight is 451 g/mol. The van der Waals surface area contributed by atoms with Crippen LogP contribution in [0.15, 0.2) is 77.8 Å². The molecule has 0 amide bonds. The molecule has 0 saturated heterocycles. The molecule has 31 heavy (non-hydrogen) atoms. The number of carboxylic acid groups (broad SMARTS) is 1. The van der Waals surface area contributed by atoms with E-state index < -0.39 is 5.97 Å². The Balaban J connectivity index is 1.62. The highest BCUT2D eigenvalue weighted by Crippen LogP contribution is 2.27. The number of carboxylic acids is 1. The normalized spacial score (nSPS) is 13.6. The molecular formula is C25H20Cl2N2O2. The topological polar surface area (TPSA) is 52.9 Å². The van der Waals surface area contributed by atoms with E-state index in [1.165, 1.54) is 0 Å². The number of para-hydroxylation sites is 1. The molecule has 0 radical (unpaired) electrons. The lowest BCUT2D eigenvalue weighted by molar-refractivity contribution is 0.0696. The molecule has 0 aliphatic carbocycles. The molecule has 1 aliphatic rings. The van der Waals surface area contributed by atoms with Gasteiger partial charge in [-0.2, -0.15) is 0 Å². The van der Waals surface area contributed by atoms with E-state index in [-0.39, 0.29) is 0 Å². The molecule has 0 saturated carbocycles. The summed E-state index contributed by atoms with van der Waals surface area (Å²) < 4.78 is 0. The van der Waals surface area contributed by atoms with E-state index in [0.29, 0.717) is 28.7 Å². The van der Waals surface area contributed by atoms with Crippen LogP contribution in [-0.2, 0) is 6.54 Å². The molecule has 6 heteroatoms. The van der Waals surface area contributed by atoms with Crippen molar-refractivity contribution < 1.29 is 9.90 Å². The number of anilines is 1. The lowest BCUT2D eigenvalue weighted by Gasteiger charge is -2.25. The Bertz CT molecular complexity index is 1190. The fourth-order valence-electron chi connectivity index (χ4n) is 3.58. The van der Waals surface area contributed by atoms with Gasteiger partial charge in [0.2, 0.25) is 0 Å². The molecule has 0 aromatic heterocycles. The van der Waals surface area contributed by atoms with Crippen molar-refractivity contribution in [2.24, 2.45) is 4.99 Å². The minimum absolute atomic E-state index is 0.294. The van der Waals surface area contributed by atoms with Crippen molar-refractivity contribution >= 4 is 46.6 Å². The highest BCUT2D eigenvalue weighted by Gasteiger charge is 2.17. The smallest absolute Gasteiger partial charge is 0.335 e. The van der Waals surface area contributed by atoms with Gasteiger partial charge in [0, 0.05) is 24.3 Å². The molecule has 3 aromatic rings. The summed E-state index contributed by atoms with van der Waals surface area (Å²) in [5.74, 6) is -0.920. The SMILES string of the molecule is O=C(O)c1cccc(CN2CCN=C(C=Cc3ccc(Cl)c(Cl)c3)c3ccccc32)c1. The summed E-state index contributed by atoms with van der Waals surface area (Å²) in [6, 6.07) is 20.7. The molecule has 1 N–H and O–H groups in total. The van der Waals surface area contributed by atoms with Crippen molar-refractivity contribution in [1.29, 1.82) is 0 Å². The number of halogens is 2. The maximum Gasteiger partial charge on any atom is 0.335 e. The fraction of sp³-hybridized carbons (Fsp3) is 0.120. The zero-order chi connectivity index (χ0) is 21.8. The van der Waals surface area contributed by atoms with Crippen LogP contribution in [0, 0.1) is 0 Å². The first kappa shape index (κ1) is 21.2. The first-order valence-electron chi connectivity index (χ1n) is 9.85. The number of benzene rings is 3. The van der Waals surface area contributed by atoms with Gasteiger partial charge in [-0.05, 0) is 47.5 Å². The van der Waals surface area contributed by atoms with Gasteiger partial charge in [-0.25, -0.2) is 4.79 Å². The summed E-state index contributed by atoms with van der Waals surface area (Å²) in [4.78, 5) is 18.3. The third kappa shape index (κ3) is 4.98. The van der Waals surface area contributed by atoms with Crippen LogP contribution in [-0.4, -0.2) is 29.9 Å². The van der Waals surface area contributed by atoms with Crippen molar-refractivity contribution in [3.8, 4) is 0 Å². The van der Waals surface area contributed by atoms with E-state index >= 15 is 0 Å². The van der Waals surface area contributed by atoms with Crippen LogP contribution in [0.2, 0.25) is 10.0 Å². The molecule has 1 aliphatic heterocycles. The standard InChI is InChI=1S/C25H20Cl2N2O2/c26-21-10-8-17(15-22(21)27)9-11-23-20-6-1-2-7-24(20)29(13-12-28-23)16-18-4-3-5-19(14-18)25(30)31/h1-11,14-15H,12-13,16H2,(H,30,31). The molecular weight excluding hydrogens is 431 g/mol. The second kappa shape index (κ2) is 9.38. The molecule has 0 fully saturated rings. The third-order valence-corrected chi connectivity index (χ3v) is 5.84. The first-order chi connectivity index (χ1) is 15.0. The van der Waals surface area contributed by atoms with Crippen LogP contribution in [0.25, 0.3) is 6.08 Å². The summed E-state index contributed by atoms with van der Waals surface area (Å²) in [6.45, 7) is 1.98. The molecule has 0 unspecified atom stereocenters. The summed E-state index contributed by atoms with van der Waals surface area (Å²) in [6.07, 6.45) is 3.97. The maximum absolute atomic E-state index is 11.3. The highest BCUT2D eigenvalue weighted by molar-refractivity contribution is 6.42. The second-order valence-electron chi connectivity index (χ2n) is 7.22. The number of nitrogens with zero attached hydrogens (tertiary/aromatic N) is 2. The Hall–Kier alpha value is -3.08. The van der Waals surface area contributed by atoms with Gasteiger partial charge >= 0.3 is 5.97 Å². The summed E-state index contributed by atoms with van der Waals surface area (Å²) in [7, 11) is 0. The molecule has 4 nitrogen and oxygen atoms in total.